The molecule has 1 atom stereocenters. The first-order valence-corrected chi connectivity index (χ1v) is 7.02. The molecule has 3 heteroatoms. The summed E-state index contributed by atoms with van der Waals surface area (Å²) in [6.07, 6.45) is 3.09. The lowest BCUT2D eigenvalue weighted by atomic mass is 9.89. The first-order valence-electron chi connectivity index (χ1n) is 7.02. The van der Waals surface area contributed by atoms with Gasteiger partial charge in [0.2, 0.25) is 0 Å². The molecule has 0 fully saturated rings. The monoisotopic (exact) mass is 265 g/mol. The molecule has 0 spiro atoms. The van der Waals surface area contributed by atoms with Crippen LogP contribution in [0.5, 0.6) is 0 Å². The van der Waals surface area contributed by atoms with Gasteiger partial charge in [-0.05, 0) is 47.9 Å². The average Bonchev–Trinajstić information content (AvgIpc) is 2.76. The van der Waals surface area contributed by atoms with E-state index in [2.05, 4.69) is 19.2 Å². The van der Waals surface area contributed by atoms with Crippen LogP contribution in [-0.4, -0.2) is 20.3 Å². The Morgan fingerprint density at radius 3 is 2.95 bits per heavy atom. The number of benzene rings is 1. The summed E-state index contributed by atoms with van der Waals surface area (Å²) in [7, 11) is 1.74. The van der Waals surface area contributed by atoms with Gasteiger partial charge in [0.15, 0.2) is 0 Å². The van der Waals surface area contributed by atoms with Gasteiger partial charge in [0.05, 0.1) is 0 Å². The van der Waals surface area contributed by atoms with Crippen LogP contribution in [0, 0.1) is 11.2 Å². The van der Waals surface area contributed by atoms with Gasteiger partial charge in [0.25, 0.3) is 0 Å². The average molecular weight is 265 g/mol. The molecule has 0 bridgehead atoms. The van der Waals surface area contributed by atoms with Crippen LogP contribution >= 0.6 is 0 Å². The minimum absolute atomic E-state index is 0.125. The molecule has 0 heterocycles. The summed E-state index contributed by atoms with van der Waals surface area (Å²) in [6.45, 7) is 6.25. The Morgan fingerprint density at radius 1 is 1.42 bits per heavy atom. The van der Waals surface area contributed by atoms with E-state index >= 15 is 0 Å². The molecular formula is C16H24FNO. The molecule has 1 N–H and O–H groups in total. The Balaban J connectivity index is 1.92. The molecule has 0 aliphatic heterocycles. The maximum Gasteiger partial charge on any atom is 0.123 e. The summed E-state index contributed by atoms with van der Waals surface area (Å²) < 4.78 is 18.3. The van der Waals surface area contributed by atoms with E-state index in [4.69, 9.17) is 4.74 Å². The maximum atomic E-state index is 13.2. The molecule has 2 rings (SSSR count). The Hall–Kier alpha value is -0.930. The SMILES string of the molecule is COCCC(C)(C)CNC1CCc2cc(F)ccc21. The molecular weight excluding hydrogens is 241 g/mol. The summed E-state index contributed by atoms with van der Waals surface area (Å²) in [5, 5.41) is 3.63. The van der Waals surface area contributed by atoms with Crippen molar-refractivity contribution in [1.29, 1.82) is 0 Å². The quantitative estimate of drug-likeness (QED) is 0.850. The van der Waals surface area contributed by atoms with Crippen molar-refractivity contribution in [3.05, 3.63) is 35.1 Å². The summed E-state index contributed by atoms with van der Waals surface area (Å²) in [6, 6.07) is 5.54. The van der Waals surface area contributed by atoms with Crippen molar-refractivity contribution < 1.29 is 9.13 Å². The van der Waals surface area contributed by atoms with Crippen LogP contribution in [-0.2, 0) is 11.2 Å². The van der Waals surface area contributed by atoms with E-state index in [1.165, 1.54) is 5.56 Å². The number of hydrogen-bond donors (Lipinski definition) is 1. The maximum absolute atomic E-state index is 13.2. The number of ether oxygens (including phenoxy) is 1. The summed E-state index contributed by atoms with van der Waals surface area (Å²) in [5.41, 5.74) is 2.65. The fourth-order valence-corrected chi connectivity index (χ4v) is 2.66. The van der Waals surface area contributed by atoms with Crippen molar-refractivity contribution in [1.82, 2.24) is 5.32 Å². The zero-order valence-corrected chi connectivity index (χ0v) is 12.1. The Kier molecular flexibility index (Phi) is 4.58. The number of rotatable bonds is 6. The zero-order chi connectivity index (χ0) is 13.9. The van der Waals surface area contributed by atoms with Crippen LogP contribution in [0.3, 0.4) is 0 Å². The highest BCUT2D eigenvalue weighted by molar-refractivity contribution is 5.34. The van der Waals surface area contributed by atoms with Crippen LogP contribution in [0.15, 0.2) is 18.2 Å². The number of nitrogens with one attached hydrogen (secondary N) is 1. The highest BCUT2D eigenvalue weighted by Gasteiger charge is 2.25. The molecule has 19 heavy (non-hydrogen) atoms. The molecule has 1 aliphatic rings. The van der Waals surface area contributed by atoms with Gasteiger partial charge in [-0.3, -0.25) is 0 Å². The third-order valence-electron chi connectivity index (χ3n) is 3.99. The standard InChI is InChI=1S/C16H24FNO/c1-16(2,8-9-19-3)11-18-15-7-4-12-10-13(17)5-6-14(12)15/h5-6,10,15,18H,4,7-9,11H2,1-3H3. The molecule has 106 valence electrons. The Morgan fingerprint density at radius 2 is 2.21 bits per heavy atom. The first kappa shape index (κ1) is 14.5. The van der Waals surface area contributed by atoms with E-state index in [9.17, 15) is 4.39 Å². The summed E-state index contributed by atoms with van der Waals surface area (Å²) >= 11 is 0. The van der Waals surface area contributed by atoms with E-state index in [1.807, 2.05) is 6.07 Å². The van der Waals surface area contributed by atoms with Crippen molar-refractivity contribution in [3.8, 4) is 0 Å². The third-order valence-corrected chi connectivity index (χ3v) is 3.99. The van der Waals surface area contributed by atoms with Crippen LogP contribution in [0.2, 0.25) is 0 Å². The molecule has 1 unspecified atom stereocenters. The number of methoxy groups -OCH3 is 1. The lowest BCUT2D eigenvalue weighted by molar-refractivity contribution is 0.149. The molecule has 0 saturated carbocycles. The number of aryl methyl sites for hydroxylation is 1. The van der Waals surface area contributed by atoms with Gasteiger partial charge in [0, 0.05) is 26.3 Å². The van der Waals surface area contributed by atoms with Crippen LogP contribution in [0.4, 0.5) is 4.39 Å². The van der Waals surface area contributed by atoms with Gasteiger partial charge in [-0.1, -0.05) is 19.9 Å². The topological polar surface area (TPSA) is 21.3 Å². The lowest BCUT2D eigenvalue weighted by Crippen LogP contribution is -2.32. The fraction of sp³-hybridized carbons (Fsp3) is 0.625. The van der Waals surface area contributed by atoms with Crippen LogP contribution in [0.25, 0.3) is 0 Å². The zero-order valence-electron chi connectivity index (χ0n) is 12.1. The smallest absolute Gasteiger partial charge is 0.123 e. The molecule has 1 aromatic carbocycles. The molecule has 1 aromatic rings. The van der Waals surface area contributed by atoms with Crippen LogP contribution in [0.1, 0.15) is 43.9 Å². The minimum atomic E-state index is -0.125. The highest BCUT2D eigenvalue weighted by Crippen LogP contribution is 2.32. The highest BCUT2D eigenvalue weighted by atomic mass is 19.1. The second-order valence-corrected chi connectivity index (χ2v) is 6.22. The summed E-state index contributed by atoms with van der Waals surface area (Å²) in [5.74, 6) is -0.125. The first-order chi connectivity index (χ1) is 9.02. The predicted octanol–water partition coefficient (Wildman–Crippen LogP) is 3.47. The second-order valence-electron chi connectivity index (χ2n) is 6.22. The van der Waals surface area contributed by atoms with E-state index in [0.29, 0.717) is 6.04 Å². The molecule has 2 nitrogen and oxygen atoms in total. The second kappa shape index (κ2) is 6.02. The van der Waals surface area contributed by atoms with Crippen LogP contribution < -0.4 is 5.32 Å². The summed E-state index contributed by atoms with van der Waals surface area (Å²) in [4.78, 5) is 0. The normalized spacial score (nSPS) is 18.6. The Bertz CT molecular complexity index is 431. The molecule has 1 aliphatic carbocycles. The molecule has 0 amide bonds. The van der Waals surface area contributed by atoms with Gasteiger partial charge in [-0.25, -0.2) is 4.39 Å². The van der Waals surface area contributed by atoms with Gasteiger partial charge in [0.1, 0.15) is 5.82 Å². The van der Waals surface area contributed by atoms with E-state index < -0.39 is 0 Å². The predicted molar refractivity (Wildman–Crippen MR) is 75.7 cm³/mol. The van der Waals surface area contributed by atoms with Gasteiger partial charge in [-0.15, -0.1) is 0 Å². The number of halogens is 1. The third kappa shape index (κ3) is 3.77. The van der Waals surface area contributed by atoms with Gasteiger partial charge in [-0.2, -0.15) is 0 Å². The Labute approximate surface area is 115 Å². The van der Waals surface area contributed by atoms with Gasteiger partial charge >= 0.3 is 0 Å². The van der Waals surface area contributed by atoms with Crippen molar-refractivity contribution in [2.45, 2.75) is 39.2 Å². The lowest BCUT2D eigenvalue weighted by Gasteiger charge is -2.27. The van der Waals surface area contributed by atoms with Crippen molar-refractivity contribution in [3.63, 3.8) is 0 Å². The molecule has 0 saturated heterocycles. The van der Waals surface area contributed by atoms with E-state index in [0.717, 1.165) is 38.0 Å². The van der Waals surface area contributed by atoms with Gasteiger partial charge < -0.3 is 10.1 Å². The number of fused-ring (bicyclic) bond motifs is 1. The van der Waals surface area contributed by atoms with Crippen molar-refractivity contribution >= 4 is 0 Å². The van der Waals surface area contributed by atoms with Crippen molar-refractivity contribution in [2.75, 3.05) is 20.3 Å². The van der Waals surface area contributed by atoms with E-state index in [-0.39, 0.29) is 11.2 Å². The van der Waals surface area contributed by atoms with E-state index in [1.54, 1.807) is 19.2 Å². The molecule has 0 radical (unpaired) electrons. The molecule has 0 aromatic heterocycles. The fourth-order valence-electron chi connectivity index (χ4n) is 2.66. The minimum Gasteiger partial charge on any atom is -0.385 e. The largest absolute Gasteiger partial charge is 0.385 e. The van der Waals surface area contributed by atoms with Crippen molar-refractivity contribution in [2.24, 2.45) is 5.41 Å². The number of hydrogen-bond acceptors (Lipinski definition) is 2.